The van der Waals surface area contributed by atoms with Crippen molar-refractivity contribution in [3.8, 4) is 0 Å². The maximum Gasteiger partial charge on any atom is 0.0134 e. The van der Waals surface area contributed by atoms with Crippen LogP contribution in [0.15, 0.2) is 0 Å². The van der Waals surface area contributed by atoms with E-state index in [0.717, 1.165) is 17.1 Å². The third kappa shape index (κ3) is 4.42. The van der Waals surface area contributed by atoms with E-state index in [1.807, 2.05) is 0 Å². The van der Waals surface area contributed by atoms with Crippen molar-refractivity contribution in [3.63, 3.8) is 0 Å². The fraction of sp³-hybridized carbons (Fsp3) is 1.00. The Labute approximate surface area is 131 Å². The lowest BCUT2D eigenvalue weighted by Gasteiger charge is -2.44. The molecule has 1 heteroatoms. The fourth-order valence-electron chi connectivity index (χ4n) is 4.36. The van der Waals surface area contributed by atoms with Crippen LogP contribution in [0.25, 0.3) is 0 Å². The summed E-state index contributed by atoms with van der Waals surface area (Å²) < 4.78 is 0.505. The molecule has 0 aliphatic heterocycles. The summed E-state index contributed by atoms with van der Waals surface area (Å²) >= 11 is 2.34. The summed E-state index contributed by atoms with van der Waals surface area (Å²) in [4.78, 5) is 0. The molecule has 0 spiro atoms. The van der Waals surface area contributed by atoms with Crippen LogP contribution in [0.4, 0.5) is 0 Å². The molecule has 0 atom stereocenters. The summed E-state index contributed by atoms with van der Waals surface area (Å²) in [6.07, 6.45) is 13.2. The average molecular weight is 297 g/mol. The highest BCUT2D eigenvalue weighted by Crippen LogP contribution is 2.49. The summed E-state index contributed by atoms with van der Waals surface area (Å²) in [6.45, 7) is 12.4. The zero-order valence-corrected chi connectivity index (χ0v) is 15.3. The van der Waals surface area contributed by atoms with Gasteiger partial charge in [0.2, 0.25) is 0 Å². The van der Waals surface area contributed by atoms with Crippen molar-refractivity contribution in [2.75, 3.05) is 0 Å². The van der Waals surface area contributed by atoms with Crippen LogP contribution < -0.4 is 0 Å². The van der Waals surface area contributed by atoms with E-state index in [0.29, 0.717) is 10.2 Å². The Balaban J connectivity index is 1.84. The Morgan fingerprint density at radius 2 is 1.15 bits per heavy atom. The number of hydrogen-bond donors (Lipinski definition) is 0. The fourth-order valence-corrected chi connectivity index (χ4v) is 6.22. The number of thioether (sulfide) groups is 1. The first-order valence-electron chi connectivity index (χ1n) is 8.97. The summed E-state index contributed by atoms with van der Waals surface area (Å²) in [5.74, 6) is 1.90. The lowest BCUT2D eigenvalue weighted by atomic mass is 9.68. The van der Waals surface area contributed by atoms with E-state index in [1.54, 1.807) is 0 Å². The van der Waals surface area contributed by atoms with Gasteiger partial charge in [-0.2, -0.15) is 11.8 Å². The zero-order chi connectivity index (χ0) is 14.8. The molecule has 0 amide bonds. The molecule has 20 heavy (non-hydrogen) atoms. The Kier molecular flexibility index (Phi) is 5.54. The first-order chi connectivity index (χ1) is 9.29. The second-order valence-corrected chi connectivity index (χ2v) is 10.9. The molecule has 2 fully saturated rings. The van der Waals surface area contributed by atoms with Gasteiger partial charge in [-0.15, -0.1) is 0 Å². The lowest BCUT2D eigenvalue weighted by Crippen LogP contribution is -2.36. The maximum atomic E-state index is 2.54. The number of hydrogen-bond acceptors (Lipinski definition) is 1. The quantitative estimate of drug-likeness (QED) is 0.559. The third-order valence-corrected chi connectivity index (χ3v) is 7.70. The largest absolute Gasteiger partial charge is 0.152 e. The Bertz CT molecular complexity index is 285. The van der Waals surface area contributed by atoms with Crippen LogP contribution in [0, 0.1) is 17.3 Å². The van der Waals surface area contributed by atoms with Crippen molar-refractivity contribution in [3.05, 3.63) is 0 Å². The number of rotatable bonds is 3. The van der Waals surface area contributed by atoms with Crippen molar-refractivity contribution in [1.29, 1.82) is 0 Å². The SMILES string of the molecule is CC(C)(C)C1CCC(C(C)(C)SC2CCCCC2)CC1. The van der Waals surface area contributed by atoms with Crippen LogP contribution in [0.1, 0.15) is 92.4 Å². The highest BCUT2D eigenvalue weighted by Gasteiger charge is 2.38. The third-order valence-electron chi connectivity index (χ3n) is 5.96. The summed E-state index contributed by atoms with van der Waals surface area (Å²) in [5.41, 5.74) is 0.519. The molecule has 0 radical (unpaired) electrons. The molecule has 0 aromatic carbocycles. The van der Waals surface area contributed by atoms with Gasteiger partial charge < -0.3 is 0 Å². The van der Waals surface area contributed by atoms with Gasteiger partial charge in [0.05, 0.1) is 0 Å². The molecule has 0 saturated heterocycles. The molecule has 0 N–H and O–H groups in total. The molecular formula is C19H36S. The molecule has 0 unspecified atom stereocenters. The second-order valence-electron chi connectivity index (χ2n) is 8.90. The van der Waals surface area contributed by atoms with Crippen LogP contribution in [0.3, 0.4) is 0 Å². The van der Waals surface area contributed by atoms with Crippen LogP contribution >= 0.6 is 11.8 Å². The van der Waals surface area contributed by atoms with Gasteiger partial charge in [-0.1, -0.05) is 53.9 Å². The minimum atomic E-state index is 0.505. The van der Waals surface area contributed by atoms with Gasteiger partial charge in [0.15, 0.2) is 0 Å². The molecule has 0 nitrogen and oxygen atoms in total. The molecule has 0 aromatic rings. The van der Waals surface area contributed by atoms with Gasteiger partial charge in [0.1, 0.15) is 0 Å². The topological polar surface area (TPSA) is 0 Å². The molecule has 2 saturated carbocycles. The standard InChI is InChI=1S/C19H36S/c1-18(2,3)15-11-13-16(14-12-15)19(4,5)20-17-9-7-6-8-10-17/h15-17H,6-14H2,1-5H3. The van der Waals surface area contributed by atoms with Gasteiger partial charge in [0, 0.05) is 10.00 Å². The van der Waals surface area contributed by atoms with Crippen LogP contribution in [-0.2, 0) is 0 Å². The molecule has 2 rings (SSSR count). The Morgan fingerprint density at radius 3 is 1.65 bits per heavy atom. The summed E-state index contributed by atoms with van der Waals surface area (Å²) in [6, 6.07) is 0. The Hall–Kier alpha value is 0.350. The van der Waals surface area contributed by atoms with Crippen molar-refractivity contribution >= 4 is 11.8 Å². The molecule has 0 bridgehead atoms. The van der Waals surface area contributed by atoms with Crippen LogP contribution in [-0.4, -0.2) is 10.00 Å². The van der Waals surface area contributed by atoms with Crippen molar-refractivity contribution < 1.29 is 0 Å². The van der Waals surface area contributed by atoms with Crippen molar-refractivity contribution in [1.82, 2.24) is 0 Å². The van der Waals surface area contributed by atoms with E-state index in [-0.39, 0.29) is 0 Å². The van der Waals surface area contributed by atoms with E-state index in [1.165, 1.54) is 57.8 Å². The van der Waals surface area contributed by atoms with E-state index in [4.69, 9.17) is 0 Å². The summed E-state index contributed by atoms with van der Waals surface area (Å²) in [7, 11) is 0. The van der Waals surface area contributed by atoms with Gasteiger partial charge in [0.25, 0.3) is 0 Å². The molecule has 0 heterocycles. The highest BCUT2D eigenvalue weighted by atomic mass is 32.2. The monoisotopic (exact) mass is 296 g/mol. The van der Waals surface area contributed by atoms with Gasteiger partial charge in [-0.3, -0.25) is 0 Å². The smallest absolute Gasteiger partial charge is 0.0134 e. The second kappa shape index (κ2) is 6.63. The van der Waals surface area contributed by atoms with Crippen LogP contribution in [0.2, 0.25) is 0 Å². The van der Waals surface area contributed by atoms with Crippen molar-refractivity contribution in [2.45, 2.75) is 102 Å². The van der Waals surface area contributed by atoms with Gasteiger partial charge in [-0.05, 0) is 55.8 Å². The van der Waals surface area contributed by atoms with Gasteiger partial charge in [-0.25, -0.2) is 0 Å². The molecule has 118 valence electrons. The van der Waals surface area contributed by atoms with Crippen LogP contribution in [0.5, 0.6) is 0 Å². The van der Waals surface area contributed by atoms with E-state index < -0.39 is 0 Å². The first-order valence-corrected chi connectivity index (χ1v) is 9.85. The minimum absolute atomic E-state index is 0.505. The minimum Gasteiger partial charge on any atom is -0.152 e. The normalized spacial score (nSPS) is 30.4. The highest BCUT2D eigenvalue weighted by molar-refractivity contribution is 8.01. The van der Waals surface area contributed by atoms with E-state index in [9.17, 15) is 0 Å². The van der Waals surface area contributed by atoms with E-state index in [2.05, 4.69) is 46.4 Å². The molecule has 2 aliphatic rings. The molecular weight excluding hydrogens is 260 g/mol. The van der Waals surface area contributed by atoms with Crippen molar-refractivity contribution in [2.24, 2.45) is 17.3 Å². The maximum absolute atomic E-state index is 2.54. The first kappa shape index (κ1) is 16.7. The molecule has 0 aromatic heterocycles. The zero-order valence-electron chi connectivity index (χ0n) is 14.5. The van der Waals surface area contributed by atoms with E-state index >= 15 is 0 Å². The van der Waals surface area contributed by atoms with Gasteiger partial charge >= 0.3 is 0 Å². The molecule has 2 aliphatic carbocycles. The summed E-state index contributed by atoms with van der Waals surface area (Å²) in [5, 5.41) is 0.957. The lowest BCUT2D eigenvalue weighted by molar-refractivity contribution is 0.138. The predicted molar refractivity (Wildman–Crippen MR) is 93.4 cm³/mol. The Morgan fingerprint density at radius 1 is 0.650 bits per heavy atom. The average Bonchev–Trinajstić information content (AvgIpc) is 2.38. The predicted octanol–water partition coefficient (Wildman–Crippen LogP) is 6.68.